The highest BCUT2D eigenvalue weighted by atomic mass is 16.4. The molecule has 0 bridgehead atoms. The molecule has 106 valence electrons. The number of hydrogen-bond acceptors (Lipinski definition) is 5. The summed E-state index contributed by atoms with van der Waals surface area (Å²) >= 11 is 0. The first kappa shape index (κ1) is 13.0. The average molecular weight is 282 g/mol. The second-order valence-corrected chi connectivity index (χ2v) is 4.68. The normalized spacial score (nSPS) is 12.0. The molecule has 3 N–H and O–H groups in total. The summed E-state index contributed by atoms with van der Waals surface area (Å²) in [5, 5.41) is 11.8. The van der Waals surface area contributed by atoms with E-state index in [-0.39, 0.29) is 12.3 Å². The van der Waals surface area contributed by atoms with Crippen molar-refractivity contribution < 1.29 is 5.21 Å². The number of nitrogens with two attached hydrogens (primary N) is 1. The van der Waals surface area contributed by atoms with Gasteiger partial charge in [-0.15, -0.1) is 0 Å². The number of aryl methyl sites for hydroxylation is 1. The standard InChI is InChI=1S/C14H14N6O/c1-9-7-16-14(17-8-9)20-11-5-3-2-4-10(11)18-13(20)6-12(15)19-21/h2-5,7-8,21H,6H2,1H3,(H2,15,19). The zero-order valence-electron chi connectivity index (χ0n) is 11.4. The summed E-state index contributed by atoms with van der Waals surface area (Å²) in [6.07, 6.45) is 3.69. The van der Waals surface area contributed by atoms with Gasteiger partial charge < -0.3 is 10.9 Å². The summed E-state index contributed by atoms with van der Waals surface area (Å²) in [4.78, 5) is 13.2. The maximum Gasteiger partial charge on any atom is 0.235 e. The van der Waals surface area contributed by atoms with Crippen molar-refractivity contribution in [2.24, 2.45) is 10.9 Å². The molecule has 7 nitrogen and oxygen atoms in total. The largest absolute Gasteiger partial charge is 0.409 e. The maximum absolute atomic E-state index is 8.76. The second-order valence-electron chi connectivity index (χ2n) is 4.68. The van der Waals surface area contributed by atoms with Gasteiger partial charge in [0.05, 0.1) is 17.5 Å². The molecule has 21 heavy (non-hydrogen) atoms. The van der Waals surface area contributed by atoms with Gasteiger partial charge in [-0.25, -0.2) is 15.0 Å². The Bertz CT molecular complexity index is 806. The van der Waals surface area contributed by atoms with Crippen LogP contribution in [0.25, 0.3) is 17.0 Å². The van der Waals surface area contributed by atoms with E-state index >= 15 is 0 Å². The van der Waals surface area contributed by atoms with Gasteiger partial charge >= 0.3 is 0 Å². The van der Waals surface area contributed by atoms with Crippen LogP contribution in [0, 0.1) is 6.92 Å². The van der Waals surface area contributed by atoms with Crippen LogP contribution in [0.5, 0.6) is 0 Å². The summed E-state index contributed by atoms with van der Waals surface area (Å²) in [5.74, 6) is 1.21. The van der Waals surface area contributed by atoms with Crippen LogP contribution in [0.1, 0.15) is 11.4 Å². The van der Waals surface area contributed by atoms with Crippen LogP contribution < -0.4 is 5.73 Å². The molecule has 0 spiro atoms. The molecule has 0 saturated heterocycles. The van der Waals surface area contributed by atoms with Crippen LogP contribution in [-0.2, 0) is 6.42 Å². The molecule has 2 aromatic heterocycles. The van der Waals surface area contributed by atoms with Gasteiger partial charge in [-0.3, -0.25) is 4.57 Å². The first-order valence-corrected chi connectivity index (χ1v) is 6.41. The summed E-state index contributed by atoms with van der Waals surface area (Å²) in [5.41, 5.74) is 8.26. The highest BCUT2D eigenvalue weighted by molar-refractivity contribution is 5.84. The lowest BCUT2D eigenvalue weighted by atomic mass is 10.3. The third-order valence-electron chi connectivity index (χ3n) is 3.07. The summed E-state index contributed by atoms with van der Waals surface area (Å²) in [6.45, 7) is 1.92. The predicted octanol–water partition coefficient (Wildman–Crippen LogP) is 1.41. The molecule has 0 unspecified atom stereocenters. The quantitative estimate of drug-likeness (QED) is 0.327. The number of nitrogens with zero attached hydrogens (tertiary/aromatic N) is 5. The van der Waals surface area contributed by atoms with Crippen molar-refractivity contribution in [3.8, 4) is 5.95 Å². The Hall–Kier alpha value is -2.96. The molecule has 0 amide bonds. The number of rotatable bonds is 3. The minimum atomic E-state index is 0.0821. The van der Waals surface area contributed by atoms with E-state index in [2.05, 4.69) is 20.1 Å². The van der Waals surface area contributed by atoms with Gasteiger partial charge in [0.25, 0.3) is 0 Å². The van der Waals surface area contributed by atoms with Crippen molar-refractivity contribution in [2.75, 3.05) is 0 Å². The lowest BCUT2D eigenvalue weighted by molar-refractivity contribution is 0.317. The van der Waals surface area contributed by atoms with Gasteiger partial charge in [0, 0.05) is 12.4 Å². The number of amidine groups is 1. The van der Waals surface area contributed by atoms with Crippen molar-refractivity contribution in [3.05, 3.63) is 48.0 Å². The molecule has 0 saturated carbocycles. The molecule has 7 heteroatoms. The van der Waals surface area contributed by atoms with Crippen molar-refractivity contribution in [1.82, 2.24) is 19.5 Å². The van der Waals surface area contributed by atoms with Gasteiger partial charge in [-0.05, 0) is 24.6 Å². The number of fused-ring (bicyclic) bond motifs is 1. The number of benzene rings is 1. The predicted molar refractivity (Wildman–Crippen MR) is 78.5 cm³/mol. The third-order valence-corrected chi connectivity index (χ3v) is 3.07. The third kappa shape index (κ3) is 2.40. The van der Waals surface area contributed by atoms with E-state index in [0.717, 1.165) is 16.6 Å². The molecule has 1 aromatic carbocycles. The summed E-state index contributed by atoms with van der Waals surface area (Å²) in [6, 6.07) is 7.65. The molecule has 3 aromatic rings. The number of para-hydroxylation sites is 2. The second kappa shape index (κ2) is 5.20. The zero-order valence-corrected chi connectivity index (χ0v) is 11.4. The SMILES string of the molecule is Cc1cnc(-n2c(CC(N)=NO)nc3ccccc32)nc1. The Balaban J connectivity index is 2.22. The fourth-order valence-electron chi connectivity index (χ4n) is 2.12. The highest BCUT2D eigenvalue weighted by Gasteiger charge is 2.15. The summed E-state index contributed by atoms with van der Waals surface area (Å²) < 4.78 is 1.81. The van der Waals surface area contributed by atoms with Crippen LogP contribution in [0.15, 0.2) is 41.8 Å². The number of hydrogen-bond donors (Lipinski definition) is 2. The van der Waals surface area contributed by atoms with Crippen LogP contribution in [-0.4, -0.2) is 30.6 Å². The van der Waals surface area contributed by atoms with Gasteiger partial charge in [-0.2, -0.15) is 0 Å². The molecular weight excluding hydrogens is 268 g/mol. The van der Waals surface area contributed by atoms with Gasteiger partial charge in [0.15, 0.2) is 0 Å². The van der Waals surface area contributed by atoms with E-state index in [1.807, 2.05) is 35.8 Å². The molecule has 0 atom stereocenters. The van der Waals surface area contributed by atoms with Crippen LogP contribution >= 0.6 is 0 Å². The Kier molecular flexibility index (Phi) is 3.23. The van der Waals surface area contributed by atoms with E-state index in [0.29, 0.717) is 11.8 Å². The van der Waals surface area contributed by atoms with Crippen molar-refractivity contribution in [2.45, 2.75) is 13.3 Å². The van der Waals surface area contributed by atoms with Crippen molar-refractivity contribution in [3.63, 3.8) is 0 Å². The Morgan fingerprint density at radius 1 is 1.29 bits per heavy atom. The number of imidazole rings is 1. The fourth-order valence-corrected chi connectivity index (χ4v) is 2.12. The molecule has 0 fully saturated rings. The first-order valence-electron chi connectivity index (χ1n) is 6.41. The van der Waals surface area contributed by atoms with Gasteiger partial charge in [-0.1, -0.05) is 17.3 Å². The zero-order chi connectivity index (χ0) is 14.8. The molecule has 3 rings (SSSR count). The Morgan fingerprint density at radius 3 is 2.71 bits per heavy atom. The highest BCUT2D eigenvalue weighted by Crippen LogP contribution is 2.19. The molecule has 0 aliphatic carbocycles. The van der Waals surface area contributed by atoms with E-state index in [4.69, 9.17) is 10.9 Å². The molecular formula is C14H14N6O. The van der Waals surface area contributed by atoms with Crippen LogP contribution in [0.3, 0.4) is 0 Å². The lowest BCUT2D eigenvalue weighted by Crippen LogP contribution is -2.18. The van der Waals surface area contributed by atoms with Crippen molar-refractivity contribution in [1.29, 1.82) is 0 Å². The van der Waals surface area contributed by atoms with Crippen molar-refractivity contribution >= 4 is 16.9 Å². The number of oxime groups is 1. The fraction of sp³-hybridized carbons (Fsp3) is 0.143. The maximum atomic E-state index is 8.76. The van der Waals surface area contributed by atoms with E-state index in [1.165, 1.54) is 0 Å². The minimum absolute atomic E-state index is 0.0821. The summed E-state index contributed by atoms with van der Waals surface area (Å²) in [7, 11) is 0. The Labute approximate surface area is 120 Å². The molecule has 0 aliphatic rings. The molecule has 0 aliphatic heterocycles. The van der Waals surface area contributed by atoms with E-state index < -0.39 is 0 Å². The monoisotopic (exact) mass is 282 g/mol. The topological polar surface area (TPSA) is 102 Å². The first-order chi connectivity index (χ1) is 10.2. The van der Waals surface area contributed by atoms with E-state index in [1.54, 1.807) is 12.4 Å². The van der Waals surface area contributed by atoms with Crippen LogP contribution in [0.2, 0.25) is 0 Å². The van der Waals surface area contributed by atoms with E-state index in [9.17, 15) is 0 Å². The van der Waals surface area contributed by atoms with Crippen LogP contribution in [0.4, 0.5) is 0 Å². The number of aromatic nitrogens is 4. The Morgan fingerprint density at radius 2 is 2.00 bits per heavy atom. The average Bonchev–Trinajstić information content (AvgIpc) is 2.86. The molecule has 2 heterocycles. The minimum Gasteiger partial charge on any atom is -0.409 e. The lowest BCUT2D eigenvalue weighted by Gasteiger charge is -2.06. The molecule has 0 radical (unpaired) electrons. The van der Waals surface area contributed by atoms with Gasteiger partial charge in [0.2, 0.25) is 5.95 Å². The smallest absolute Gasteiger partial charge is 0.235 e. The van der Waals surface area contributed by atoms with Gasteiger partial charge in [0.1, 0.15) is 11.7 Å².